The minimum absolute atomic E-state index is 0.0555. The highest BCUT2D eigenvalue weighted by Crippen LogP contribution is 2.26. The van der Waals surface area contributed by atoms with E-state index in [9.17, 15) is 14.7 Å². The van der Waals surface area contributed by atoms with Crippen molar-refractivity contribution in [1.29, 1.82) is 0 Å². The van der Waals surface area contributed by atoms with Gasteiger partial charge < -0.3 is 14.6 Å². The zero-order valence-corrected chi connectivity index (χ0v) is 12.4. The molecular formula is C16H15NO5. The molecule has 0 aromatic heterocycles. The van der Waals surface area contributed by atoms with E-state index in [0.29, 0.717) is 11.3 Å². The number of benzene rings is 1. The number of carbonyl (C=O) groups is 2. The Morgan fingerprint density at radius 1 is 1.09 bits per heavy atom. The average molecular weight is 301 g/mol. The number of esters is 2. The molecular weight excluding hydrogens is 286 g/mol. The maximum atomic E-state index is 11.6. The summed E-state index contributed by atoms with van der Waals surface area (Å²) < 4.78 is 9.23. The van der Waals surface area contributed by atoms with Crippen LogP contribution in [0, 0.1) is 0 Å². The smallest absolute Gasteiger partial charge is 0.343 e. The van der Waals surface area contributed by atoms with E-state index in [1.807, 2.05) is 0 Å². The summed E-state index contributed by atoms with van der Waals surface area (Å²) in [6, 6.07) is 6.58. The highest BCUT2D eigenvalue weighted by Gasteiger charge is 2.27. The number of rotatable bonds is 3. The van der Waals surface area contributed by atoms with Gasteiger partial charge in [-0.1, -0.05) is 12.1 Å². The Balaban J connectivity index is 2.33. The van der Waals surface area contributed by atoms with Gasteiger partial charge in [0, 0.05) is 0 Å². The molecule has 1 N–H and O–H groups in total. The van der Waals surface area contributed by atoms with E-state index >= 15 is 0 Å². The normalized spacial score (nSPS) is 15.8. The van der Waals surface area contributed by atoms with Gasteiger partial charge in [-0.25, -0.2) is 14.6 Å². The first-order chi connectivity index (χ1) is 10.5. The number of methoxy groups -OCH3 is 2. The monoisotopic (exact) mass is 301 g/mol. The molecule has 6 nitrogen and oxygen atoms in total. The Kier molecular flexibility index (Phi) is 4.41. The summed E-state index contributed by atoms with van der Waals surface area (Å²) >= 11 is 0. The van der Waals surface area contributed by atoms with Crippen molar-refractivity contribution in [3.05, 3.63) is 52.4 Å². The SMILES string of the molecule is COC(=O)C1=C(O)/C(=C\c2ccc(C(=O)OC)cc2)N=C1C. The molecule has 0 aliphatic carbocycles. The third-order valence-corrected chi connectivity index (χ3v) is 3.15. The Bertz CT molecular complexity index is 711. The molecule has 0 bridgehead atoms. The van der Waals surface area contributed by atoms with Crippen molar-refractivity contribution in [2.45, 2.75) is 6.92 Å². The van der Waals surface area contributed by atoms with E-state index < -0.39 is 11.9 Å². The average Bonchev–Trinajstić information content (AvgIpc) is 2.80. The Labute approximate surface area is 127 Å². The number of aliphatic imine (C=N–C) groups is 1. The van der Waals surface area contributed by atoms with Gasteiger partial charge in [-0.2, -0.15) is 0 Å². The second kappa shape index (κ2) is 6.26. The summed E-state index contributed by atoms with van der Waals surface area (Å²) in [6.45, 7) is 1.61. The van der Waals surface area contributed by atoms with Gasteiger partial charge in [0.15, 0.2) is 5.76 Å². The molecule has 1 aromatic carbocycles. The van der Waals surface area contributed by atoms with Gasteiger partial charge in [-0.15, -0.1) is 0 Å². The Hall–Kier alpha value is -2.89. The maximum absolute atomic E-state index is 11.6. The van der Waals surface area contributed by atoms with Gasteiger partial charge in [-0.3, -0.25) is 0 Å². The first kappa shape index (κ1) is 15.5. The van der Waals surface area contributed by atoms with E-state index in [1.54, 1.807) is 37.3 Å². The molecule has 0 saturated carbocycles. The summed E-state index contributed by atoms with van der Waals surface area (Å²) in [6.07, 6.45) is 1.61. The van der Waals surface area contributed by atoms with Crippen LogP contribution in [0.4, 0.5) is 0 Å². The zero-order chi connectivity index (χ0) is 16.3. The van der Waals surface area contributed by atoms with Gasteiger partial charge in [0.05, 0.1) is 25.5 Å². The summed E-state index contributed by atoms with van der Waals surface area (Å²) in [5.41, 5.74) is 1.85. The first-order valence-corrected chi connectivity index (χ1v) is 6.45. The molecule has 6 heteroatoms. The highest BCUT2D eigenvalue weighted by atomic mass is 16.5. The van der Waals surface area contributed by atoms with E-state index in [4.69, 9.17) is 0 Å². The van der Waals surface area contributed by atoms with Gasteiger partial charge in [0.25, 0.3) is 0 Å². The van der Waals surface area contributed by atoms with Crippen molar-refractivity contribution in [3.63, 3.8) is 0 Å². The van der Waals surface area contributed by atoms with E-state index in [1.165, 1.54) is 14.2 Å². The highest BCUT2D eigenvalue weighted by molar-refractivity contribution is 6.21. The van der Waals surface area contributed by atoms with Crippen LogP contribution in [0.25, 0.3) is 6.08 Å². The lowest BCUT2D eigenvalue weighted by Crippen LogP contribution is -2.11. The number of ether oxygens (including phenoxy) is 2. The lowest BCUT2D eigenvalue weighted by atomic mass is 10.1. The van der Waals surface area contributed by atoms with Crippen LogP contribution in [-0.2, 0) is 14.3 Å². The summed E-state index contributed by atoms with van der Waals surface area (Å²) in [4.78, 5) is 27.1. The number of aliphatic hydroxyl groups excluding tert-OH is 1. The van der Waals surface area contributed by atoms with Crippen molar-refractivity contribution < 1.29 is 24.2 Å². The summed E-state index contributed by atoms with van der Waals surface area (Å²) in [7, 11) is 2.55. The molecule has 1 aliphatic heterocycles. The number of nitrogens with zero attached hydrogens (tertiary/aromatic N) is 1. The van der Waals surface area contributed by atoms with E-state index in [-0.39, 0.29) is 17.0 Å². The number of aliphatic hydroxyl groups is 1. The van der Waals surface area contributed by atoms with Gasteiger partial charge in [0.2, 0.25) is 0 Å². The van der Waals surface area contributed by atoms with Crippen molar-refractivity contribution in [3.8, 4) is 0 Å². The molecule has 2 rings (SSSR count). The fourth-order valence-corrected chi connectivity index (χ4v) is 2.03. The van der Waals surface area contributed by atoms with Crippen LogP contribution in [0.5, 0.6) is 0 Å². The lowest BCUT2D eigenvalue weighted by molar-refractivity contribution is -0.135. The fraction of sp³-hybridized carbons (Fsp3) is 0.188. The standard InChI is InChI=1S/C16H15NO5/c1-9-13(16(20)22-3)14(18)12(17-9)8-10-4-6-11(7-5-10)15(19)21-2/h4-8,18H,1-3H3/b12-8+. The molecule has 114 valence electrons. The van der Waals surface area contributed by atoms with Crippen molar-refractivity contribution >= 4 is 23.7 Å². The molecule has 0 amide bonds. The van der Waals surface area contributed by atoms with Crippen LogP contribution in [0.1, 0.15) is 22.8 Å². The Morgan fingerprint density at radius 2 is 1.68 bits per heavy atom. The third-order valence-electron chi connectivity index (χ3n) is 3.15. The fourth-order valence-electron chi connectivity index (χ4n) is 2.03. The molecule has 0 spiro atoms. The van der Waals surface area contributed by atoms with Gasteiger partial charge in [0.1, 0.15) is 11.3 Å². The second-order valence-electron chi connectivity index (χ2n) is 4.56. The van der Waals surface area contributed by atoms with Gasteiger partial charge in [-0.05, 0) is 30.7 Å². The van der Waals surface area contributed by atoms with Crippen LogP contribution < -0.4 is 0 Å². The van der Waals surface area contributed by atoms with E-state index in [2.05, 4.69) is 14.5 Å². The molecule has 0 atom stereocenters. The van der Waals surface area contributed by atoms with Crippen molar-refractivity contribution in [1.82, 2.24) is 0 Å². The Morgan fingerprint density at radius 3 is 2.23 bits per heavy atom. The maximum Gasteiger partial charge on any atom is 0.343 e. The second-order valence-corrected chi connectivity index (χ2v) is 4.56. The first-order valence-electron chi connectivity index (χ1n) is 6.45. The van der Waals surface area contributed by atoms with Crippen LogP contribution >= 0.6 is 0 Å². The quantitative estimate of drug-likeness (QED) is 0.866. The van der Waals surface area contributed by atoms with Crippen LogP contribution in [0.2, 0.25) is 0 Å². The summed E-state index contributed by atoms with van der Waals surface area (Å²) in [5.74, 6) is -1.28. The molecule has 1 aliphatic rings. The third kappa shape index (κ3) is 2.90. The van der Waals surface area contributed by atoms with Crippen molar-refractivity contribution in [2.75, 3.05) is 14.2 Å². The topological polar surface area (TPSA) is 85.2 Å². The molecule has 0 fully saturated rings. The molecule has 0 saturated heterocycles. The molecule has 1 aromatic rings. The van der Waals surface area contributed by atoms with Crippen molar-refractivity contribution in [2.24, 2.45) is 4.99 Å². The molecule has 0 unspecified atom stereocenters. The number of hydrogen-bond donors (Lipinski definition) is 1. The van der Waals surface area contributed by atoms with E-state index in [0.717, 1.165) is 5.56 Å². The minimum Gasteiger partial charge on any atom is -0.505 e. The zero-order valence-electron chi connectivity index (χ0n) is 12.4. The summed E-state index contributed by atoms with van der Waals surface area (Å²) in [5, 5.41) is 10.1. The van der Waals surface area contributed by atoms with Crippen LogP contribution in [0.15, 0.2) is 46.3 Å². The lowest BCUT2D eigenvalue weighted by Gasteiger charge is -2.01. The molecule has 0 radical (unpaired) electrons. The number of hydrogen-bond acceptors (Lipinski definition) is 6. The predicted molar refractivity (Wildman–Crippen MR) is 80.5 cm³/mol. The minimum atomic E-state index is -0.636. The van der Waals surface area contributed by atoms with Crippen LogP contribution in [-0.4, -0.2) is 37.0 Å². The largest absolute Gasteiger partial charge is 0.505 e. The number of carbonyl (C=O) groups excluding carboxylic acids is 2. The molecule has 1 heterocycles. The van der Waals surface area contributed by atoms with Crippen LogP contribution in [0.3, 0.4) is 0 Å². The molecule has 22 heavy (non-hydrogen) atoms. The van der Waals surface area contributed by atoms with Gasteiger partial charge >= 0.3 is 11.9 Å². The predicted octanol–water partition coefficient (Wildman–Crippen LogP) is 2.27.